The van der Waals surface area contributed by atoms with Crippen molar-refractivity contribution >= 4 is 27.8 Å². The fraction of sp³-hybridized carbons (Fsp3) is 0.0698. The minimum Gasteiger partial charge on any atom is -0.310 e. The Kier molecular flexibility index (Phi) is 6.20. The molecule has 0 amide bonds. The van der Waals surface area contributed by atoms with E-state index in [1.807, 2.05) is 0 Å². The van der Waals surface area contributed by atoms with Crippen LogP contribution in [-0.2, 0) is 5.41 Å². The van der Waals surface area contributed by atoms with E-state index in [0.29, 0.717) is 0 Å². The molecular formula is C43H33N. The Hall–Kier alpha value is -5.40. The summed E-state index contributed by atoms with van der Waals surface area (Å²) in [6, 6.07) is 59.5. The molecule has 0 unspecified atom stereocenters. The lowest BCUT2D eigenvalue weighted by Gasteiger charge is -2.30. The summed E-state index contributed by atoms with van der Waals surface area (Å²) < 4.78 is 0. The molecule has 7 aromatic carbocycles. The van der Waals surface area contributed by atoms with Crippen molar-refractivity contribution in [3.05, 3.63) is 175 Å². The van der Waals surface area contributed by atoms with Gasteiger partial charge in [-0.25, -0.2) is 0 Å². The van der Waals surface area contributed by atoms with Crippen LogP contribution in [-0.4, -0.2) is 0 Å². The van der Waals surface area contributed by atoms with Crippen LogP contribution in [0.5, 0.6) is 0 Å². The highest BCUT2D eigenvalue weighted by Gasteiger charge is 2.37. The predicted octanol–water partition coefficient (Wildman–Crippen LogP) is 11.9. The highest BCUT2D eigenvalue weighted by molar-refractivity contribution is 6.10. The molecule has 0 fully saturated rings. The van der Waals surface area contributed by atoms with Gasteiger partial charge in [0.05, 0.1) is 5.69 Å². The van der Waals surface area contributed by atoms with Gasteiger partial charge < -0.3 is 4.90 Å². The number of rotatable bonds is 5. The van der Waals surface area contributed by atoms with Gasteiger partial charge in [0.25, 0.3) is 0 Å². The smallest absolute Gasteiger partial charge is 0.0543 e. The van der Waals surface area contributed by atoms with Crippen molar-refractivity contribution in [1.29, 1.82) is 0 Å². The molecule has 0 aliphatic heterocycles. The minimum absolute atomic E-state index is 0.106. The van der Waals surface area contributed by atoms with Gasteiger partial charge in [0.1, 0.15) is 0 Å². The van der Waals surface area contributed by atoms with Crippen LogP contribution in [0, 0.1) is 0 Å². The third-order valence-corrected chi connectivity index (χ3v) is 9.27. The Labute approximate surface area is 259 Å². The number of nitrogens with zero attached hydrogens (tertiary/aromatic N) is 1. The third kappa shape index (κ3) is 4.24. The average molecular weight is 564 g/mol. The lowest BCUT2D eigenvalue weighted by molar-refractivity contribution is 0.661. The van der Waals surface area contributed by atoms with Gasteiger partial charge in [-0.05, 0) is 80.2 Å². The topological polar surface area (TPSA) is 3.24 Å². The van der Waals surface area contributed by atoms with Crippen LogP contribution in [0.2, 0.25) is 0 Å². The van der Waals surface area contributed by atoms with E-state index in [4.69, 9.17) is 0 Å². The van der Waals surface area contributed by atoms with Crippen molar-refractivity contribution in [2.45, 2.75) is 19.3 Å². The standard InChI is InChI=1S/C43H33N/c1-43(2)39-20-12-11-19-38(39)42-37-18-10-9-17-36(37)41(29-40(42)43)44(34-25-21-32(22-26-34)30-13-5-3-6-14-30)35-27-23-33(24-28-35)31-15-7-4-8-16-31/h3-29H,1-2H3. The quantitative estimate of drug-likeness (QED) is 0.201. The summed E-state index contributed by atoms with van der Waals surface area (Å²) in [4.78, 5) is 2.44. The summed E-state index contributed by atoms with van der Waals surface area (Å²) in [6.45, 7) is 4.73. The van der Waals surface area contributed by atoms with Gasteiger partial charge in [-0.15, -0.1) is 0 Å². The fourth-order valence-electron chi connectivity index (χ4n) is 7.01. The summed E-state index contributed by atoms with van der Waals surface area (Å²) >= 11 is 0. The summed E-state index contributed by atoms with van der Waals surface area (Å²) in [5.41, 5.74) is 13.7. The second-order valence-corrected chi connectivity index (χ2v) is 12.2. The van der Waals surface area contributed by atoms with E-state index in [2.05, 4.69) is 183 Å². The normalized spacial score (nSPS) is 13.0. The first-order valence-corrected chi connectivity index (χ1v) is 15.4. The van der Waals surface area contributed by atoms with Gasteiger partial charge in [-0.1, -0.05) is 147 Å². The molecule has 0 bridgehead atoms. The zero-order valence-corrected chi connectivity index (χ0v) is 25.0. The first-order valence-electron chi connectivity index (χ1n) is 15.4. The largest absolute Gasteiger partial charge is 0.310 e. The predicted molar refractivity (Wildman–Crippen MR) is 187 cm³/mol. The van der Waals surface area contributed by atoms with Crippen LogP contribution in [0.3, 0.4) is 0 Å². The lowest BCUT2D eigenvalue weighted by Crippen LogP contribution is -2.17. The molecule has 8 rings (SSSR count). The van der Waals surface area contributed by atoms with E-state index in [1.165, 1.54) is 61.0 Å². The Morgan fingerprint density at radius 3 is 1.43 bits per heavy atom. The van der Waals surface area contributed by atoms with Crippen molar-refractivity contribution in [2.24, 2.45) is 0 Å². The van der Waals surface area contributed by atoms with Gasteiger partial charge in [0, 0.05) is 22.2 Å². The fourth-order valence-corrected chi connectivity index (χ4v) is 7.01. The van der Waals surface area contributed by atoms with Crippen molar-refractivity contribution in [3.8, 4) is 33.4 Å². The molecule has 0 saturated heterocycles. The molecule has 0 radical (unpaired) electrons. The van der Waals surface area contributed by atoms with Crippen LogP contribution in [0.25, 0.3) is 44.2 Å². The number of fused-ring (bicyclic) bond motifs is 5. The molecule has 0 N–H and O–H groups in total. The molecule has 1 aliphatic rings. The molecule has 0 saturated carbocycles. The molecule has 0 atom stereocenters. The molecule has 0 heterocycles. The zero-order valence-electron chi connectivity index (χ0n) is 25.0. The van der Waals surface area contributed by atoms with E-state index in [0.717, 1.165) is 11.4 Å². The molecular weight excluding hydrogens is 530 g/mol. The van der Waals surface area contributed by atoms with E-state index in [9.17, 15) is 0 Å². The first-order chi connectivity index (χ1) is 21.6. The number of anilines is 3. The van der Waals surface area contributed by atoms with E-state index < -0.39 is 0 Å². The second-order valence-electron chi connectivity index (χ2n) is 12.2. The maximum atomic E-state index is 2.45. The molecule has 1 heteroatoms. The van der Waals surface area contributed by atoms with Crippen LogP contribution >= 0.6 is 0 Å². The number of hydrogen-bond donors (Lipinski definition) is 0. The summed E-state index contributed by atoms with van der Waals surface area (Å²) in [6.07, 6.45) is 0. The van der Waals surface area contributed by atoms with Crippen LogP contribution in [0.4, 0.5) is 17.1 Å². The van der Waals surface area contributed by atoms with Crippen molar-refractivity contribution in [2.75, 3.05) is 4.90 Å². The number of benzene rings is 7. The molecule has 7 aromatic rings. The zero-order chi connectivity index (χ0) is 29.7. The summed E-state index contributed by atoms with van der Waals surface area (Å²) in [7, 11) is 0. The molecule has 210 valence electrons. The van der Waals surface area contributed by atoms with E-state index in [-0.39, 0.29) is 5.41 Å². The highest BCUT2D eigenvalue weighted by atomic mass is 15.1. The second kappa shape index (κ2) is 10.4. The van der Waals surface area contributed by atoms with Gasteiger partial charge in [-0.3, -0.25) is 0 Å². The van der Waals surface area contributed by atoms with E-state index in [1.54, 1.807) is 0 Å². The van der Waals surface area contributed by atoms with Crippen LogP contribution < -0.4 is 4.90 Å². The molecule has 44 heavy (non-hydrogen) atoms. The van der Waals surface area contributed by atoms with Crippen molar-refractivity contribution in [1.82, 2.24) is 0 Å². The first kappa shape index (κ1) is 26.2. The van der Waals surface area contributed by atoms with Crippen molar-refractivity contribution < 1.29 is 0 Å². The minimum atomic E-state index is -0.106. The highest BCUT2D eigenvalue weighted by Crippen LogP contribution is 2.54. The molecule has 0 aromatic heterocycles. The maximum absolute atomic E-state index is 2.45. The number of hydrogen-bond acceptors (Lipinski definition) is 1. The van der Waals surface area contributed by atoms with E-state index >= 15 is 0 Å². The summed E-state index contributed by atoms with van der Waals surface area (Å²) in [5.74, 6) is 0. The maximum Gasteiger partial charge on any atom is 0.0543 e. The summed E-state index contributed by atoms with van der Waals surface area (Å²) in [5, 5.41) is 2.54. The SMILES string of the molecule is CC1(C)c2ccccc2-c2c1cc(N(c1ccc(-c3ccccc3)cc1)c1ccc(-c3ccccc3)cc1)c1ccccc21. The van der Waals surface area contributed by atoms with Gasteiger partial charge in [-0.2, -0.15) is 0 Å². The van der Waals surface area contributed by atoms with Gasteiger partial charge in [0.15, 0.2) is 0 Å². The molecule has 1 nitrogen and oxygen atoms in total. The van der Waals surface area contributed by atoms with Gasteiger partial charge >= 0.3 is 0 Å². The lowest BCUT2D eigenvalue weighted by atomic mass is 9.81. The van der Waals surface area contributed by atoms with Gasteiger partial charge in [0.2, 0.25) is 0 Å². The Balaban J connectivity index is 1.35. The monoisotopic (exact) mass is 563 g/mol. The molecule has 1 aliphatic carbocycles. The van der Waals surface area contributed by atoms with Crippen LogP contribution in [0.15, 0.2) is 164 Å². The Morgan fingerprint density at radius 1 is 0.409 bits per heavy atom. The van der Waals surface area contributed by atoms with Crippen molar-refractivity contribution in [3.63, 3.8) is 0 Å². The van der Waals surface area contributed by atoms with Crippen LogP contribution in [0.1, 0.15) is 25.0 Å². The Bertz CT molecular complexity index is 2020. The average Bonchev–Trinajstić information content (AvgIpc) is 3.32. The third-order valence-electron chi connectivity index (χ3n) is 9.27. The Morgan fingerprint density at radius 2 is 0.864 bits per heavy atom. The molecule has 0 spiro atoms.